The van der Waals surface area contributed by atoms with Gasteiger partial charge in [-0.15, -0.1) is 10.2 Å². The maximum absolute atomic E-state index is 13.3. The van der Waals surface area contributed by atoms with Crippen LogP contribution in [0.5, 0.6) is 0 Å². The second-order valence-corrected chi connectivity index (χ2v) is 8.56. The zero-order valence-corrected chi connectivity index (χ0v) is 15.6. The van der Waals surface area contributed by atoms with E-state index in [0.717, 1.165) is 12.1 Å². The van der Waals surface area contributed by atoms with Gasteiger partial charge in [0.25, 0.3) is 5.89 Å². The molecule has 3 aromatic rings. The fraction of sp³-hybridized carbons (Fsp3) is 0.294. The number of benzene rings is 1. The molecule has 142 valence electrons. The monoisotopic (exact) mass is 411 g/mol. The first kappa shape index (κ1) is 18.1. The van der Waals surface area contributed by atoms with Gasteiger partial charge in [-0.05, 0) is 37.1 Å². The van der Waals surface area contributed by atoms with Gasteiger partial charge in [-0.3, -0.25) is 0 Å². The summed E-state index contributed by atoms with van der Waals surface area (Å²) < 4.78 is 50.8. The molecule has 0 unspecified atom stereocenters. The molecule has 1 aliphatic heterocycles. The number of sulfonamides is 1. The van der Waals surface area contributed by atoms with Crippen molar-refractivity contribution in [3.05, 3.63) is 53.5 Å². The molecule has 0 N–H and O–H groups in total. The number of rotatable bonds is 4. The van der Waals surface area contributed by atoms with Gasteiger partial charge in [-0.25, -0.2) is 12.8 Å². The van der Waals surface area contributed by atoms with Crippen molar-refractivity contribution in [2.24, 2.45) is 0 Å². The molecule has 1 fully saturated rings. The van der Waals surface area contributed by atoms with Crippen LogP contribution in [0.15, 0.2) is 50.5 Å². The minimum absolute atomic E-state index is 0.0209. The second-order valence-electron chi connectivity index (χ2n) is 6.21. The molecule has 0 amide bonds. The molecule has 10 heteroatoms. The Labute approximate surface area is 159 Å². The van der Waals surface area contributed by atoms with Crippen LogP contribution in [0.2, 0.25) is 5.02 Å². The Hall–Kier alpha value is -2.23. The second kappa shape index (κ2) is 7.06. The first-order valence-corrected chi connectivity index (χ1v) is 10.1. The zero-order valence-electron chi connectivity index (χ0n) is 14.0. The molecular weight excluding hydrogens is 397 g/mol. The Balaban J connectivity index is 1.46. The quantitative estimate of drug-likeness (QED) is 0.650. The molecule has 1 aliphatic rings. The molecule has 0 radical (unpaired) electrons. The molecule has 2 aromatic heterocycles. The summed E-state index contributed by atoms with van der Waals surface area (Å²) in [5, 5.41) is 7.87. The third-order valence-electron chi connectivity index (χ3n) is 4.54. The van der Waals surface area contributed by atoms with Gasteiger partial charge in [-0.1, -0.05) is 11.6 Å². The predicted octanol–water partition coefficient (Wildman–Crippen LogP) is 3.69. The number of aromatic nitrogens is 2. The van der Waals surface area contributed by atoms with Crippen molar-refractivity contribution < 1.29 is 21.6 Å². The highest BCUT2D eigenvalue weighted by molar-refractivity contribution is 7.89. The lowest BCUT2D eigenvalue weighted by molar-refractivity contribution is 0.291. The number of piperidine rings is 1. The standard InChI is InChI=1S/C17H15ClFN3O4S/c18-14-9-13(1-2-15(14)19)27(23,24)22-6-3-11(4-7-22)16-20-21-17(26-16)12-5-8-25-10-12/h1-2,5,8-11H,3-4,6-7H2. The SMILES string of the molecule is O=S(=O)(c1ccc(F)c(Cl)c1)N1CCC(c2nnc(-c3ccoc3)o2)CC1. The van der Waals surface area contributed by atoms with E-state index in [1.807, 2.05) is 0 Å². The molecule has 27 heavy (non-hydrogen) atoms. The number of furan rings is 1. The minimum Gasteiger partial charge on any atom is -0.472 e. The zero-order chi connectivity index (χ0) is 19.0. The van der Waals surface area contributed by atoms with Gasteiger partial charge in [0.15, 0.2) is 0 Å². The molecule has 1 saturated heterocycles. The van der Waals surface area contributed by atoms with Crippen molar-refractivity contribution in [1.82, 2.24) is 14.5 Å². The Kier molecular flexibility index (Phi) is 4.75. The Morgan fingerprint density at radius 3 is 2.63 bits per heavy atom. The third-order valence-corrected chi connectivity index (χ3v) is 6.73. The van der Waals surface area contributed by atoms with Gasteiger partial charge in [0.2, 0.25) is 15.9 Å². The van der Waals surface area contributed by atoms with Crippen LogP contribution in [0, 0.1) is 5.82 Å². The van der Waals surface area contributed by atoms with Gasteiger partial charge in [0.05, 0.1) is 21.7 Å². The predicted molar refractivity (Wildman–Crippen MR) is 94.1 cm³/mol. The lowest BCUT2D eigenvalue weighted by atomic mass is 9.98. The minimum atomic E-state index is -3.73. The van der Waals surface area contributed by atoms with Crippen LogP contribution < -0.4 is 0 Å². The molecule has 4 rings (SSSR count). The first-order valence-electron chi connectivity index (χ1n) is 8.26. The Morgan fingerprint density at radius 2 is 1.96 bits per heavy atom. The van der Waals surface area contributed by atoms with Crippen LogP contribution in [-0.2, 0) is 10.0 Å². The molecule has 1 aromatic carbocycles. The van der Waals surface area contributed by atoms with Gasteiger partial charge in [0.1, 0.15) is 12.1 Å². The Bertz CT molecular complexity index is 1040. The normalized spacial score (nSPS) is 16.7. The van der Waals surface area contributed by atoms with Crippen molar-refractivity contribution >= 4 is 21.6 Å². The molecule has 0 atom stereocenters. The summed E-state index contributed by atoms with van der Waals surface area (Å²) in [5.41, 5.74) is 0.696. The molecule has 0 bridgehead atoms. The van der Waals surface area contributed by atoms with Gasteiger partial charge >= 0.3 is 0 Å². The molecular formula is C17H15ClFN3O4S. The summed E-state index contributed by atoms with van der Waals surface area (Å²) in [6.45, 7) is 0.594. The van der Waals surface area contributed by atoms with E-state index in [-0.39, 0.29) is 15.8 Å². The summed E-state index contributed by atoms with van der Waals surface area (Å²) in [5.74, 6) is 0.170. The highest BCUT2D eigenvalue weighted by atomic mass is 35.5. The van der Waals surface area contributed by atoms with Gasteiger partial charge in [0, 0.05) is 19.0 Å². The van der Waals surface area contributed by atoms with Crippen LogP contribution in [0.3, 0.4) is 0 Å². The fourth-order valence-electron chi connectivity index (χ4n) is 3.03. The lowest BCUT2D eigenvalue weighted by Gasteiger charge is -2.29. The molecule has 3 heterocycles. The molecule has 7 nitrogen and oxygen atoms in total. The molecule has 0 aliphatic carbocycles. The van der Waals surface area contributed by atoms with Crippen LogP contribution in [0.4, 0.5) is 4.39 Å². The smallest absolute Gasteiger partial charge is 0.250 e. The number of nitrogens with zero attached hydrogens (tertiary/aromatic N) is 3. The van der Waals surface area contributed by atoms with Crippen molar-refractivity contribution in [3.8, 4) is 11.5 Å². The summed E-state index contributed by atoms with van der Waals surface area (Å²) >= 11 is 5.71. The van der Waals surface area contributed by atoms with E-state index in [4.69, 9.17) is 20.4 Å². The molecule has 0 saturated carbocycles. The maximum atomic E-state index is 13.3. The average molecular weight is 412 g/mol. The largest absolute Gasteiger partial charge is 0.472 e. The summed E-state index contributed by atoms with van der Waals surface area (Å²) in [7, 11) is -3.73. The van der Waals surface area contributed by atoms with Crippen LogP contribution in [-0.4, -0.2) is 36.0 Å². The van der Waals surface area contributed by atoms with E-state index >= 15 is 0 Å². The van der Waals surface area contributed by atoms with E-state index in [9.17, 15) is 12.8 Å². The fourth-order valence-corrected chi connectivity index (χ4v) is 4.77. The number of hydrogen-bond acceptors (Lipinski definition) is 6. The van der Waals surface area contributed by atoms with E-state index in [1.165, 1.54) is 22.9 Å². The van der Waals surface area contributed by atoms with E-state index in [2.05, 4.69) is 10.2 Å². The average Bonchev–Trinajstić information content (AvgIpc) is 3.35. The first-order chi connectivity index (χ1) is 12.9. The number of hydrogen-bond donors (Lipinski definition) is 0. The van der Waals surface area contributed by atoms with Crippen molar-refractivity contribution in [2.45, 2.75) is 23.7 Å². The van der Waals surface area contributed by atoms with Gasteiger partial charge < -0.3 is 8.83 Å². The third kappa shape index (κ3) is 3.50. The summed E-state index contributed by atoms with van der Waals surface area (Å²) in [4.78, 5) is -0.0209. The summed E-state index contributed by atoms with van der Waals surface area (Å²) in [6, 6.07) is 5.13. The van der Waals surface area contributed by atoms with Crippen LogP contribution >= 0.6 is 11.6 Å². The highest BCUT2D eigenvalue weighted by Crippen LogP contribution is 2.32. The summed E-state index contributed by atoms with van der Waals surface area (Å²) in [6.07, 6.45) is 4.12. The van der Waals surface area contributed by atoms with E-state index < -0.39 is 15.8 Å². The maximum Gasteiger partial charge on any atom is 0.250 e. The van der Waals surface area contributed by atoms with Crippen molar-refractivity contribution in [3.63, 3.8) is 0 Å². The number of halogens is 2. The topological polar surface area (TPSA) is 89.4 Å². The Morgan fingerprint density at radius 1 is 1.19 bits per heavy atom. The molecule has 0 spiro atoms. The highest BCUT2D eigenvalue weighted by Gasteiger charge is 2.32. The lowest BCUT2D eigenvalue weighted by Crippen LogP contribution is -2.38. The van der Waals surface area contributed by atoms with E-state index in [0.29, 0.717) is 43.3 Å². The van der Waals surface area contributed by atoms with E-state index in [1.54, 1.807) is 6.07 Å². The van der Waals surface area contributed by atoms with Gasteiger partial charge in [-0.2, -0.15) is 4.31 Å². The van der Waals surface area contributed by atoms with Crippen LogP contribution in [0.25, 0.3) is 11.5 Å². The van der Waals surface area contributed by atoms with Crippen LogP contribution in [0.1, 0.15) is 24.7 Å². The van der Waals surface area contributed by atoms with Crippen molar-refractivity contribution in [1.29, 1.82) is 0 Å². The van der Waals surface area contributed by atoms with Crippen molar-refractivity contribution in [2.75, 3.05) is 13.1 Å².